The van der Waals surface area contributed by atoms with Crippen molar-refractivity contribution in [3.05, 3.63) is 77.5 Å². The first-order valence-electron chi connectivity index (χ1n) is 6.59. The molecular weight excluding hydrogens is 265 g/mol. The fourth-order valence-electron chi connectivity index (χ4n) is 3.01. The lowest BCUT2D eigenvalue weighted by Gasteiger charge is -2.15. The number of halogens is 1. The smallest absolute Gasteiger partial charge is 0.124 e. The van der Waals surface area contributed by atoms with Crippen LogP contribution in [0.5, 0.6) is 0 Å². The Morgan fingerprint density at radius 3 is 2.90 bits per heavy atom. The predicted molar refractivity (Wildman–Crippen MR) is 76.0 cm³/mol. The number of imidazole rings is 1. The van der Waals surface area contributed by atoms with E-state index in [2.05, 4.69) is 4.98 Å². The average molecular weight is 275 g/mol. The van der Waals surface area contributed by atoms with E-state index in [1.54, 1.807) is 12.4 Å². The topological polar surface area (TPSA) is 41.6 Å². The highest BCUT2D eigenvalue weighted by Gasteiger charge is 2.29. The molecule has 1 aliphatic heterocycles. The van der Waals surface area contributed by atoms with Gasteiger partial charge in [-0.05, 0) is 29.3 Å². The molecule has 2 heterocycles. The lowest BCUT2D eigenvalue weighted by atomic mass is 9.96. The largest absolute Gasteiger partial charge is 0.319 e. The Hall–Kier alpha value is -2.93. The molecule has 4 heteroatoms. The highest BCUT2D eigenvalue weighted by molar-refractivity contribution is 5.70. The van der Waals surface area contributed by atoms with E-state index in [9.17, 15) is 4.39 Å². The highest BCUT2D eigenvalue weighted by atomic mass is 19.1. The van der Waals surface area contributed by atoms with Gasteiger partial charge in [-0.3, -0.25) is 0 Å². The van der Waals surface area contributed by atoms with Crippen LogP contribution in [0, 0.1) is 17.1 Å². The zero-order valence-electron chi connectivity index (χ0n) is 11.0. The van der Waals surface area contributed by atoms with Crippen molar-refractivity contribution in [3.8, 4) is 17.3 Å². The predicted octanol–water partition coefficient (Wildman–Crippen LogP) is 3.51. The third-order valence-corrected chi connectivity index (χ3v) is 3.84. The summed E-state index contributed by atoms with van der Waals surface area (Å²) in [6, 6.07) is 14.4. The number of nitrogens with zero attached hydrogens (tertiary/aromatic N) is 3. The monoisotopic (exact) mass is 275 g/mol. The molecule has 0 aliphatic carbocycles. The molecule has 0 N–H and O–H groups in total. The summed E-state index contributed by atoms with van der Waals surface area (Å²) in [5, 5.41) is 9.04. The molecule has 0 saturated heterocycles. The van der Waals surface area contributed by atoms with Crippen LogP contribution in [-0.2, 0) is 0 Å². The SMILES string of the molecule is N#Cc1cc(F)cc(C2c3ccccc3-c3cncn32)c1. The summed E-state index contributed by atoms with van der Waals surface area (Å²) >= 11 is 0. The van der Waals surface area contributed by atoms with Crippen LogP contribution >= 0.6 is 0 Å². The summed E-state index contributed by atoms with van der Waals surface area (Å²) in [5.41, 5.74) is 4.30. The molecule has 1 aliphatic rings. The molecule has 1 atom stereocenters. The van der Waals surface area contributed by atoms with Gasteiger partial charge in [0.2, 0.25) is 0 Å². The minimum atomic E-state index is -0.393. The highest BCUT2D eigenvalue weighted by Crippen LogP contribution is 2.42. The molecule has 3 nitrogen and oxygen atoms in total. The number of rotatable bonds is 1. The van der Waals surface area contributed by atoms with Gasteiger partial charge in [0.25, 0.3) is 0 Å². The molecule has 4 rings (SSSR count). The molecule has 0 fully saturated rings. The molecule has 0 radical (unpaired) electrons. The number of hydrogen-bond acceptors (Lipinski definition) is 2. The first-order chi connectivity index (χ1) is 10.3. The van der Waals surface area contributed by atoms with Gasteiger partial charge in [-0.1, -0.05) is 24.3 Å². The number of benzene rings is 2. The van der Waals surface area contributed by atoms with Crippen molar-refractivity contribution in [2.75, 3.05) is 0 Å². The Balaban J connectivity index is 1.98. The van der Waals surface area contributed by atoms with E-state index in [1.807, 2.05) is 41.1 Å². The molecule has 0 amide bonds. The van der Waals surface area contributed by atoms with Gasteiger partial charge in [0.15, 0.2) is 0 Å². The van der Waals surface area contributed by atoms with Crippen LogP contribution in [0.15, 0.2) is 55.0 Å². The van der Waals surface area contributed by atoms with Crippen molar-refractivity contribution in [3.63, 3.8) is 0 Å². The van der Waals surface area contributed by atoms with E-state index >= 15 is 0 Å². The second-order valence-electron chi connectivity index (χ2n) is 5.06. The summed E-state index contributed by atoms with van der Waals surface area (Å²) < 4.78 is 15.8. The fraction of sp³-hybridized carbons (Fsp3) is 0.0588. The maximum atomic E-state index is 13.8. The number of nitriles is 1. The number of fused-ring (bicyclic) bond motifs is 3. The second-order valence-corrected chi connectivity index (χ2v) is 5.06. The summed E-state index contributed by atoms with van der Waals surface area (Å²) in [6.07, 6.45) is 3.56. The molecule has 0 spiro atoms. The maximum Gasteiger partial charge on any atom is 0.124 e. The summed E-state index contributed by atoms with van der Waals surface area (Å²) in [5.74, 6) is -0.393. The maximum absolute atomic E-state index is 13.8. The van der Waals surface area contributed by atoms with Crippen LogP contribution in [0.1, 0.15) is 22.7 Å². The van der Waals surface area contributed by atoms with Gasteiger partial charge >= 0.3 is 0 Å². The van der Waals surface area contributed by atoms with E-state index < -0.39 is 5.82 Å². The third-order valence-electron chi connectivity index (χ3n) is 3.84. The molecule has 21 heavy (non-hydrogen) atoms. The Morgan fingerprint density at radius 1 is 1.19 bits per heavy atom. The molecular formula is C17H10FN3. The fourth-order valence-corrected chi connectivity index (χ4v) is 3.01. The van der Waals surface area contributed by atoms with Crippen molar-refractivity contribution in [1.29, 1.82) is 5.26 Å². The number of hydrogen-bond donors (Lipinski definition) is 0. The van der Waals surface area contributed by atoms with Crippen molar-refractivity contribution >= 4 is 0 Å². The summed E-state index contributed by atoms with van der Waals surface area (Å²) in [7, 11) is 0. The van der Waals surface area contributed by atoms with Crippen LogP contribution in [0.3, 0.4) is 0 Å². The second kappa shape index (κ2) is 4.29. The van der Waals surface area contributed by atoms with E-state index in [0.29, 0.717) is 5.56 Å². The van der Waals surface area contributed by atoms with E-state index in [4.69, 9.17) is 5.26 Å². The average Bonchev–Trinajstić information content (AvgIpc) is 3.06. The molecule has 2 aromatic carbocycles. The zero-order valence-corrected chi connectivity index (χ0v) is 11.0. The summed E-state index contributed by atoms with van der Waals surface area (Å²) in [4.78, 5) is 4.19. The quantitative estimate of drug-likeness (QED) is 0.533. The van der Waals surface area contributed by atoms with Crippen LogP contribution in [-0.4, -0.2) is 9.55 Å². The van der Waals surface area contributed by atoms with Gasteiger partial charge in [-0.2, -0.15) is 5.26 Å². The van der Waals surface area contributed by atoms with Crippen molar-refractivity contribution in [2.24, 2.45) is 0 Å². The zero-order chi connectivity index (χ0) is 14.4. The van der Waals surface area contributed by atoms with Gasteiger partial charge in [-0.25, -0.2) is 9.37 Å². The van der Waals surface area contributed by atoms with Gasteiger partial charge in [0.1, 0.15) is 5.82 Å². The van der Waals surface area contributed by atoms with E-state index in [1.165, 1.54) is 12.1 Å². The lowest BCUT2D eigenvalue weighted by molar-refractivity contribution is 0.618. The minimum Gasteiger partial charge on any atom is -0.319 e. The van der Waals surface area contributed by atoms with Crippen molar-refractivity contribution in [1.82, 2.24) is 9.55 Å². The Kier molecular flexibility index (Phi) is 2.42. The molecule has 0 bridgehead atoms. The molecule has 100 valence electrons. The summed E-state index contributed by atoms with van der Waals surface area (Å²) in [6.45, 7) is 0. The van der Waals surface area contributed by atoms with Crippen LogP contribution < -0.4 is 0 Å². The molecule has 1 unspecified atom stereocenters. The lowest BCUT2D eigenvalue weighted by Crippen LogP contribution is -2.07. The standard InChI is InChI=1S/C17H10FN3/c18-13-6-11(8-19)5-12(7-13)17-15-4-2-1-3-14(15)16-9-20-10-21(16)17/h1-7,9-10,17H. The van der Waals surface area contributed by atoms with E-state index in [0.717, 1.165) is 22.4 Å². The normalized spacial score (nSPS) is 15.3. The number of aromatic nitrogens is 2. The van der Waals surface area contributed by atoms with Gasteiger partial charge in [0.05, 0.1) is 35.9 Å². The van der Waals surface area contributed by atoms with Crippen molar-refractivity contribution in [2.45, 2.75) is 6.04 Å². The van der Waals surface area contributed by atoms with Crippen LogP contribution in [0.2, 0.25) is 0 Å². The van der Waals surface area contributed by atoms with Crippen molar-refractivity contribution < 1.29 is 4.39 Å². The van der Waals surface area contributed by atoms with Crippen LogP contribution in [0.4, 0.5) is 4.39 Å². The molecule has 3 aromatic rings. The third kappa shape index (κ3) is 1.68. The Bertz CT molecular complexity index is 889. The minimum absolute atomic E-state index is 0.138. The van der Waals surface area contributed by atoms with Gasteiger partial charge in [-0.15, -0.1) is 0 Å². The first kappa shape index (κ1) is 11.9. The molecule has 0 saturated carbocycles. The van der Waals surface area contributed by atoms with E-state index in [-0.39, 0.29) is 6.04 Å². The van der Waals surface area contributed by atoms with Crippen LogP contribution in [0.25, 0.3) is 11.3 Å². The van der Waals surface area contributed by atoms with Gasteiger partial charge in [0, 0.05) is 5.56 Å². The Morgan fingerprint density at radius 2 is 2.05 bits per heavy atom. The Labute approximate surface area is 120 Å². The first-order valence-corrected chi connectivity index (χ1v) is 6.59. The molecule has 1 aromatic heterocycles. The van der Waals surface area contributed by atoms with Gasteiger partial charge < -0.3 is 4.57 Å².